The quantitative estimate of drug-likeness (QED) is 0.488. The van der Waals surface area contributed by atoms with Crippen molar-refractivity contribution in [3.05, 3.63) is 0 Å². The van der Waals surface area contributed by atoms with Crippen molar-refractivity contribution in [2.24, 2.45) is 5.41 Å². The number of hydroxylamine groups is 2. The zero-order valence-corrected chi connectivity index (χ0v) is 6.48. The summed E-state index contributed by atoms with van der Waals surface area (Å²) in [6.07, 6.45) is 1.18. The summed E-state index contributed by atoms with van der Waals surface area (Å²) >= 11 is 0. The van der Waals surface area contributed by atoms with Gasteiger partial charge in [-0.15, -0.1) is 0 Å². The molecule has 0 bridgehead atoms. The lowest BCUT2D eigenvalue weighted by molar-refractivity contribution is -0.192. The van der Waals surface area contributed by atoms with Crippen LogP contribution in [0.4, 0.5) is 0 Å². The van der Waals surface area contributed by atoms with Crippen LogP contribution in [0.3, 0.4) is 0 Å². The van der Waals surface area contributed by atoms with Gasteiger partial charge in [0.2, 0.25) is 0 Å². The van der Waals surface area contributed by atoms with Crippen molar-refractivity contribution in [3.63, 3.8) is 0 Å². The van der Waals surface area contributed by atoms with Crippen LogP contribution in [0.5, 0.6) is 0 Å². The zero-order valence-electron chi connectivity index (χ0n) is 6.48. The van der Waals surface area contributed by atoms with E-state index in [9.17, 15) is 0 Å². The van der Waals surface area contributed by atoms with Gasteiger partial charge in [0, 0.05) is 13.6 Å². The lowest BCUT2D eigenvalue weighted by Gasteiger charge is -2.34. The first kappa shape index (κ1) is 7.03. The van der Waals surface area contributed by atoms with Gasteiger partial charge in [-0.1, -0.05) is 13.8 Å². The van der Waals surface area contributed by atoms with E-state index in [2.05, 4.69) is 13.8 Å². The van der Waals surface area contributed by atoms with E-state index in [0.717, 1.165) is 13.2 Å². The van der Waals surface area contributed by atoms with Crippen molar-refractivity contribution in [1.29, 1.82) is 0 Å². The Morgan fingerprint density at radius 2 is 2.11 bits per heavy atom. The Balaban J connectivity index is 2.41. The third-order valence-electron chi connectivity index (χ3n) is 1.74. The lowest BCUT2D eigenvalue weighted by atomic mass is 9.89. The van der Waals surface area contributed by atoms with Gasteiger partial charge in [0.1, 0.15) is 0 Å². The minimum absolute atomic E-state index is 0.451. The van der Waals surface area contributed by atoms with Crippen LogP contribution in [0, 0.1) is 5.41 Å². The molecule has 54 valence electrons. The molecule has 1 rings (SSSR count). The normalized spacial score (nSPS) is 28.3. The third kappa shape index (κ3) is 1.95. The van der Waals surface area contributed by atoms with E-state index in [1.165, 1.54) is 6.42 Å². The van der Waals surface area contributed by atoms with E-state index >= 15 is 0 Å². The molecule has 0 aromatic heterocycles. The molecule has 1 aliphatic rings. The van der Waals surface area contributed by atoms with E-state index in [1.807, 2.05) is 12.1 Å². The molecule has 9 heavy (non-hydrogen) atoms. The summed E-state index contributed by atoms with van der Waals surface area (Å²) in [6, 6.07) is 0. The third-order valence-corrected chi connectivity index (χ3v) is 1.74. The Bertz CT molecular complexity index is 101. The van der Waals surface area contributed by atoms with Crippen LogP contribution in [0.25, 0.3) is 0 Å². The molecule has 0 unspecified atom stereocenters. The van der Waals surface area contributed by atoms with E-state index in [1.54, 1.807) is 0 Å². The molecule has 0 radical (unpaired) electrons. The Morgan fingerprint density at radius 1 is 1.44 bits per heavy atom. The summed E-state index contributed by atoms with van der Waals surface area (Å²) in [5.74, 6) is 0. The average molecular weight is 129 g/mol. The molecular weight excluding hydrogens is 114 g/mol. The predicted octanol–water partition coefficient (Wildman–Crippen LogP) is 1.28. The van der Waals surface area contributed by atoms with Gasteiger partial charge >= 0.3 is 0 Å². The van der Waals surface area contributed by atoms with Gasteiger partial charge in [0.25, 0.3) is 0 Å². The molecular formula is C7H15NO. The first-order valence-electron chi connectivity index (χ1n) is 3.44. The molecule has 1 fully saturated rings. The number of hydrogen-bond acceptors (Lipinski definition) is 2. The second kappa shape index (κ2) is 2.27. The van der Waals surface area contributed by atoms with Gasteiger partial charge < -0.3 is 0 Å². The van der Waals surface area contributed by atoms with Crippen molar-refractivity contribution in [3.8, 4) is 0 Å². The zero-order chi connectivity index (χ0) is 6.91. The summed E-state index contributed by atoms with van der Waals surface area (Å²) in [7, 11) is 1.99. The number of hydrogen-bond donors (Lipinski definition) is 0. The van der Waals surface area contributed by atoms with Crippen LogP contribution >= 0.6 is 0 Å². The first-order chi connectivity index (χ1) is 4.10. The SMILES string of the molecule is CN1CC(C)(C)CCO1. The molecule has 0 aliphatic carbocycles. The largest absolute Gasteiger partial charge is 0.299 e. The van der Waals surface area contributed by atoms with Crippen LogP contribution < -0.4 is 0 Å². The maximum absolute atomic E-state index is 5.25. The highest BCUT2D eigenvalue weighted by molar-refractivity contribution is 4.72. The van der Waals surface area contributed by atoms with Gasteiger partial charge in [-0.3, -0.25) is 4.84 Å². The minimum Gasteiger partial charge on any atom is -0.299 e. The van der Waals surface area contributed by atoms with Crippen molar-refractivity contribution < 1.29 is 4.84 Å². The smallest absolute Gasteiger partial charge is 0.0690 e. The standard InChI is InChI=1S/C7H15NO/c1-7(2)4-5-9-8(3)6-7/h4-6H2,1-3H3. The van der Waals surface area contributed by atoms with E-state index in [4.69, 9.17) is 4.84 Å². The molecule has 0 aromatic rings. The summed E-state index contributed by atoms with van der Waals surface area (Å²) in [4.78, 5) is 5.25. The van der Waals surface area contributed by atoms with Gasteiger partial charge in [0.15, 0.2) is 0 Å². The maximum Gasteiger partial charge on any atom is 0.0690 e. The highest BCUT2D eigenvalue weighted by atomic mass is 16.7. The van der Waals surface area contributed by atoms with Crippen LogP contribution in [0.15, 0.2) is 0 Å². The fourth-order valence-electron chi connectivity index (χ4n) is 1.21. The molecule has 0 amide bonds. The number of rotatable bonds is 0. The predicted molar refractivity (Wildman–Crippen MR) is 37.0 cm³/mol. The topological polar surface area (TPSA) is 12.5 Å². The Morgan fingerprint density at radius 3 is 2.44 bits per heavy atom. The van der Waals surface area contributed by atoms with E-state index < -0.39 is 0 Å². The molecule has 0 saturated carbocycles. The van der Waals surface area contributed by atoms with Gasteiger partial charge in [-0.2, -0.15) is 5.06 Å². The molecule has 0 N–H and O–H groups in total. The van der Waals surface area contributed by atoms with Crippen LogP contribution in [0.1, 0.15) is 20.3 Å². The monoisotopic (exact) mass is 129 g/mol. The maximum atomic E-state index is 5.25. The van der Waals surface area contributed by atoms with Crippen LogP contribution in [-0.2, 0) is 4.84 Å². The molecule has 1 saturated heterocycles. The molecule has 2 heteroatoms. The molecule has 0 spiro atoms. The summed E-state index contributed by atoms with van der Waals surface area (Å²) < 4.78 is 0. The Labute approximate surface area is 56.8 Å². The highest BCUT2D eigenvalue weighted by Crippen LogP contribution is 2.24. The van der Waals surface area contributed by atoms with E-state index in [-0.39, 0.29) is 0 Å². The molecule has 1 heterocycles. The fourth-order valence-corrected chi connectivity index (χ4v) is 1.21. The highest BCUT2D eigenvalue weighted by Gasteiger charge is 2.24. The van der Waals surface area contributed by atoms with Crippen LogP contribution in [0.2, 0.25) is 0 Å². The Kier molecular flexibility index (Phi) is 1.78. The Hall–Kier alpha value is -0.0800. The van der Waals surface area contributed by atoms with Crippen LogP contribution in [-0.4, -0.2) is 25.3 Å². The summed E-state index contributed by atoms with van der Waals surface area (Å²) in [5, 5.41) is 1.92. The van der Waals surface area contributed by atoms with Crippen molar-refractivity contribution in [2.75, 3.05) is 20.2 Å². The minimum atomic E-state index is 0.451. The first-order valence-corrected chi connectivity index (χ1v) is 3.44. The summed E-state index contributed by atoms with van der Waals surface area (Å²) in [6.45, 7) is 6.47. The van der Waals surface area contributed by atoms with E-state index in [0.29, 0.717) is 5.41 Å². The van der Waals surface area contributed by atoms with Crippen molar-refractivity contribution >= 4 is 0 Å². The molecule has 2 nitrogen and oxygen atoms in total. The van der Waals surface area contributed by atoms with Gasteiger partial charge in [0.05, 0.1) is 6.61 Å². The summed E-state index contributed by atoms with van der Waals surface area (Å²) in [5.41, 5.74) is 0.451. The second-order valence-corrected chi connectivity index (χ2v) is 3.53. The number of nitrogens with zero attached hydrogens (tertiary/aromatic N) is 1. The average Bonchev–Trinajstić information content (AvgIpc) is 1.60. The second-order valence-electron chi connectivity index (χ2n) is 3.53. The lowest BCUT2D eigenvalue weighted by Crippen LogP contribution is -2.38. The molecule has 0 aromatic carbocycles. The van der Waals surface area contributed by atoms with Gasteiger partial charge in [-0.05, 0) is 11.8 Å². The van der Waals surface area contributed by atoms with Gasteiger partial charge in [-0.25, -0.2) is 0 Å². The molecule has 1 aliphatic heterocycles. The van der Waals surface area contributed by atoms with Crippen molar-refractivity contribution in [2.45, 2.75) is 20.3 Å². The fraction of sp³-hybridized carbons (Fsp3) is 1.00. The van der Waals surface area contributed by atoms with Crippen molar-refractivity contribution in [1.82, 2.24) is 5.06 Å². The molecule has 0 atom stereocenters.